The molecule has 1 fully saturated rings. The normalized spacial score (nSPS) is 22.0. The molecule has 0 heterocycles. The SMILES string of the molecule is CCNCc1cc(S(=O)(=O)NC2CC(C)C2)ccc1CC. The van der Waals surface area contributed by atoms with E-state index in [0.29, 0.717) is 17.4 Å². The fourth-order valence-electron chi connectivity index (χ4n) is 2.82. The second kappa shape index (κ2) is 6.90. The molecule has 5 heteroatoms. The summed E-state index contributed by atoms with van der Waals surface area (Å²) in [5.41, 5.74) is 2.27. The summed E-state index contributed by atoms with van der Waals surface area (Å²) in [4.78, 5) is 0.382. The summed E-state index contributed by atoms with van der Waals surface area (Å²) in [6.07, 6.45) is 2.79. The number of rotatable bonds is 7. The molecule has 0 aromatic heterocycles. The van der Waals surface area contributed by atoms with Gasteiger partial charge >= 0.3 is 0 Å². The third-order valence-corrected chi connectivity index (χ3v) is 5.65. The zero-order chi connectivity index (χ0) is 15.5. The molecule has 0 atom stereocenters. The highest BCUT2D eigenvalue weighted by Crippen LogP contribution is 2.28. The fraction of sp³-hybridized carbons (Fsp3) is 0.625. The first-order valence-electron chi connectivity index (χ1n) is 7.81. The van der Waals surface area contributed by atoms with Crippen LogP contribution in [-0.4, -0.2) is 21.0 Å². The minimum Gasteiger partial charge on any atom is -0.313 e. The minimum atomic E-state index is -3.39. The van der Waals surface area contributed by atoms with E-state index >= 15 is 0 Å². The van der Waals surface area contributed by atoms with Crippen molar-refractivity contribution in [2.24, 2.45) is 5.92 Å². The van der Waals surface area contributed by atoms with Crippen molar-refractivity contribution in [1.82, 2.24) is 10.0 Å². The van der Waals surface area contributed by atoms with Gasteiger partial charge < -0.3 is 5.32 Å². The second-order valence-corrected chi connectivity index (χ2v) is 7.67. The highest BCUT2D eigenvalue weighted by Gasteiger charge is 2.29. The highest BCUT2D eigenvalue weighted by atomic mass is 32.2. The topological polar surface area (TPSA) is 58.2 Å². The summed E-state index contributed by atoms with van der Waals surface area (Å²) >= 11 is 0. The molecule has 118 valence electrons. The Morgan fingerprint density at radius 3 is 2.48 bits per heavy atom. The van der Waals surface area contributed by atoms with Crippen LogP contribution in [0.5, 0.6) is 0 Å². The number of benzene rings is 1. The first-order valence-corrected chi connectivity index (χ1v) is 9.29. The maximum absolute atomic E-state index is 12.4. The van der Waals surface area contributed by atoms with Gasteiger partial charge in [-0.1, -0.05) is 26.8 Å². The van der Waals surface area contributed by atoms with Crippen LogP contribution in [0.15, 0.2) is 23.1 Å². The predicted octanol–water partition coefficient (Wildman–Crippen LogP) is 2.44. The lowest BCUT2D eigenvalue weighted by atomic mass is 9.83. The lowest BCUT2D eigenvalue weighted by molar-refractivity contribution is 0.270. The molecule has 1 saturated carbocycles. The van der Waals surface area contributed by atoms with Crippen molar-refractivity contribution in [2.75, 3.05) is 6.54 Å². The van der Waals surface area contributed by atoms with E-state index < -0.39 is 10.0 Å². The molecule has 4 nitrogen and oxygen atoms in total. The molecule has 1 aliphatic rings. The van der Waals surface area contributed by atoms with Crippen LogP contribution < -0.4 is 10.0 Å². The van der Waals surface area contributed by atoms with E-state index in [2.05, 4.69) is 23.9 Å². The van der Waals surface area contributed by atoms with E-state index in [1.54, 1.807) is 6.07 Å². The average molecular weight is 310 g/mol. The lowest BCUT2D eigenvalue weighted by Crippen LogP contribution is -2.43. The molecule has 0 aliphatic heterocycles. The van der Waals surface area contributed by atoms with Gasteiger partial charge in [0.2, 0.25) is 10.0 Å². The predicted molar refractivity (Wildman–Crippen MR) is 85.7 cm³/mol. The number of sulfonamides is 1. The largest absolute Gasteiger partial charge is 0.313 e. The van der Waals surface area contributed by atoms with Gasteiger partial charge in [-0.2, -0.15) is 0 Å². The Morgan fingerprint density at radius 2 is 1.90 bits per heavy atom. The zero-order valence-electron chi connectivity index (χ0n) is 13.1. The van der Waals surface area contributed by atoms with Gasteiger partial charge in [0, 0.05) is 12.6 Å². The molecule has 0 unspecified atom stereocenters. The number of nitrogens with one attached hydrogen (secondary N) is 2. The summed E-state index contributed by atoms with van der Waals surface area (Å²) in [6.45, 7) is 7.87. The Morgan fingerprint density at radius 1 is 1.19 bits per heavy atom. The first-order chi connectivity index (χ1) is 9.96. The van der Waals surface area contributed by atoms with Crippen LogP contribution in [0.3, 0.4) is 0 Å². The quantitative estimate of drug-likeness (QED) is 0.813. The Kier molecular flexibility index (Phi) is 5.41. The molecule has 2 N–H and O–H groups in total. The van der Waals surface area contributed by atoms with E-state index in [1.165, 1.54) is 5.56 Å². The third kappa shape index (κ3) is 4.05. The van der Waals surface area contributed by atoms with Crippen molar-refractivity contribution in [3.63, 3.8) is 0 Å². The van der Waals surface area contributed by atoms with E-state index in [9.17, 15) is 8.42 Å². The molecule has 1 aliphatic carbocycles. The lowest BCUT2D eigenvalue weighted by Gasteiger charge is -2.32. The van der Waals surface area contributed by atoms with Crippen LogP contribution in [0.25, 0.3) is 0 Å². The second-order valence-electron chi connectivity index (χ2n) is 5.96. The maximum atomic E-state index is 12.4. The molecule has 0 bridgehead atoms. The monoisotopic (exact) mass is 310 g/mol. The highest BCUT2D eigenvalue weighted by molar-refractivity contribution is 7.89. The number of hydrogen-bond donors (Lipinski definition) is 2. The van der Waals surface area contributed by atoms with Crippen LogP contribution >= 0.6 is 0 Å². The summed E-state index contributed by atoms with van der Waals surface area (Å²) < 4.78 is 27.7. The minimum absolute atomic E-state index is 0.105. The van der Waals surface area contributed by atoms with Gasteiger partial charge in [0.05, 0.1) is 4.90 Å². The third-order valence-electron chi connectivity index (χ3n) is 4.13. The van der Waals surface area contributed by atoms with Crippen LogP contribution in [0.1, 0.15) is 44.7 Å². The molecular weight excluding hydrogens is 284 g/mol. The van der Waals surface area contributed by atoms with E-state index in [4.69, 9.17) is 0 Å². The van der Waals surface area contributed by atoms with Gasteiger partial charge in [-0.05, 0) is 55.0 Å². The van der Waals surface area contributed by atoms with Gasteiger partial charge in [-0.15, -0.1) is 0 Å². The molecule has 2 rings (SSSR count). The van der Waals surface area contributed by atoms with Gasteiger partial charge in [-0.3, -0.25) is 0 Å². The number of aryl methyl sites for hydroxylation is 1. The van der Waals surface area contributed by atoms with Crippen molar-refractivity contribution in [3.8, 4) is 0 Å². The van der Waals surface area contributed by atoms with Crippen LogP contribution in [0, 0.1) is 5.92 Å². The van der Waals surface area contributed by atoms with Gasteiger partial charge in [-0.25, -0.2) is 13.1 Å². The Hall–Kier alpha value is -0.910. The van der Waals surface area contributed by atoms with Crippen LogP contribution in [0.2, 0.25) is 0 Å². The molecular formula is C16H26N2O2S. The average Bonchev–Trinajstić information content (AvgIpc) is 2.42. The molecule has 0 spiro atoms. The molecule has 21 heavy (non-hydrogen) atoms. The van der Waals surface area contributed by atoms with Crippen molar-refractivity contribution in [2.45, 2.75) is 57.5 Å². The van der Waals surface area contributed by atoms with E-state index in [0.717, 1.165) is 31.4 Å². The van der Waals surface area contributed by atoms with E-state index in [-0.39, 0.29) is 6.04 Å². The Balaban J connectivity index is 2.18. The molecule has 1 aromatic carbocycles. The fourth-order valence-corrected chi connectivity index (χ4v) is 4.14. The zero-order valence-corrected chi connectivity index (χ0v) is 14.0. The molecule has 0 saturated heterocycles. The molecule has 0 amide bonds. The summed E-state index contributed by atoms with van der Waals surface area (Å²) in [5, 5.41) is 3.27. The summed E-state index contributed by atoms with van der Waals surface area (Å²) in [5.74, 6) is 0.629. The molecule has 0 radical (unpaired) electrons. The van der Waals surface area contributed by atoms with Crippen molar-refractivity contribution >= 4 is 10.0 Å². The standard InChI is InChI=1S/C16H26N2O2S/c1-4-13-6-7-16(10-14(13)11-17-5-2)21(19,20)18-15-8-12(3)9-15/h6-7,10,12,15,17-18H,4-5,8-9,11H2,1-3H3. The van der Waals surface area contributed by atoms with Gasteiger partial charge in [0.25, 0.3) is 0 Å². The summed E-state index contributed by atoms with van der Waals surface area (Å²) in [7, 11) is -3.39. The van der Waals surface area contributed by atoms with Gasteiger partial charge in [0.1, 0.15) is 0 Å². The van der Waals surface area contributed by atoms with Crippen molar-refractivity contribution < 1.29 is 8.42 Å². The smallest absolute Gasteiger partial charge is 0.240 e. The summed E-state index contributed by atoms with van der Waals surface area (Å²) in [6, 6.07) is 5.57. The van der Waals surface area contributed by atoms with Crippen LogP contribution in [0.4, 0.5) is 0 Å². The van der Waals surface area contributed by atoms with Gasteiger partial charge in [0.15, 0.2) is 0 Å². The van der Waals surface area contributed by atoms with E-state index in [1.807, 2.05) is 19.1 Å². The first kappa shape index (κ1) is 16.5. The van der Waals surface area contributed by atoms with Crippen molar-refractivity contribution in [1.29, 1.82) is 0 Å². The molecule has 1 aromatic rings. The van der Waals surface area contributed by atoms with Crippen LogP contribution in [-0.2, 0) is 23.0 Å². The Bertz CT molecular complexity index is 578. The number of hydrogen-bond acceptors (Lipinski definition) is 3. The Labute approximate surface area is 128 Å². The van der Waals surface area contributed by atoms with Crippen molar-refractivity contribution in [3.05, 3.63) is 29.3 Å². The maximum Gasteiger partial charge on any atom is 0.240 e.